The van der Waals surface area contributed by atoms with Gasteiger partial charge in [-0.05, 0) is 36.8 Å². The maximum atomic E-state index is 13.1. The first-order chi connectivity index (χ1) is 11.2. The van der Waals surface area contributed by atoms with Crippen molar-refractivity contribution < 1.29 is 13.9 Å². The number of anilines is 1. The highest BCUT2D eigenvalue weighted by molar-refractivity contribution is 6.02. The normalized spacial score (nSPS) is 10.7. The van der Waals surface area contributed by atoms with Gasteiger partial charge >= 0.3 is 0 Å². The lowest BCUT2D eigenvalue weighted by atomic mass is 10.2. The van der Waals surface area contributed by atoms with E-state index in [-0.39, 0.29) is 11.7 Å². The fourth-order valence-corrected chi connectivity index (χ4v) is 1.99. The number of nitrogens with one attached hydrogen (secondary N) is 1. The maximum absolute atomic E-state index is 13.1. The molecule has 23 heavy (non-hydrogen) atoms. The summed E-state index contributed by atoms with van der Waals surface area (Å²) in [7, 11) is 0. The number of carbonyl (C=O) groups excluding carboxylic acids is 1. The number of carbonyl (C=O) groups is 1. The van der Waals surface area contributed by atoms with E-state index in [0.717, 1.165) is 24.2 Å². The molecular weight excluding hydrogens is 293 g/mol. The van der Waals surface area contributed by atoms with E-state index in [1.165, 1.54) is 18.2 Å². The van der Waals surface area contributed by atoms with Crippen LogP contribution < -0.4 is 10.1 Å². The Labute approximate surface area is 135 Å². The predicted octanol–water partition coefficient (Wildman–Crippen LogP) is 4.66. The van der Waals surface area contributed by atoms with Crippen molar-refractivity contribution >= 4 is 17.7 Å². The standard InChI is InChI=1S/C19H20FNO2/c1-2-3-13-23-18-10-5-4-7-15(18)11-12-19(22)21-17-9-6-8-16(20)14-17/h4-12,14H,2-3,13H2,1H3,(H,21,22)/b12-11+. The van der Waals surface area contributed by atoms with Gasteiger partial charge in [0.1, 0.15) is 11.6 Å². The molecule has 0 atom stereocenters. The average molecular weight is 313 g/mol. The minimum atomic E-state index is -0.388. The fraction of sp³-hybridized carbons (Fsp3) is 0.211. The minimum absolute atomic E-state index is 0.320. The summed E-state index contributed by atoms with van der Waals surface area (Å²) in [5.41, 5.74) is 1.25. The molecule has 0 radical (unpaired) electrons. The number of para-hydroxylation sites is 1. The Morgan fingerprint density at radius 2 is 2.04 bits per heavy atom. The van der Waals surface area contributed by atoms with Crippen LogP contribution in [0.3, 0.4) is 0 Å². The van der Waals surface area contributed by atoms with Crippen LogP contribution in [0.2, 0.25) is 0 Å². The lowest BCUT2D eigenvalue weighted by Crippen LogP contribution is -2.07. The van der Waals surface area contributed by atoms with Gasteiger partial charge in [0.25, 0.3) is 0 Å². The van der Waals surface area contributed by atoms with Crippen LogP contribution in [0.25, 0.3) is 6.08 Å². The molecule has 0 bridgehead atoms. The van der Waals surface area contributed by atoms with Crippen molar-refractivity contribution in [2.24, 2.45) is 0 Å². The van der Waals surface area contributed by atoms with Crippen LogP contribution in [0, 0.1) is 5.82 Å². The quantitative estimate of drug-likeness (QED) is 0.596. The Morgan fingerprint density at radius 3 is 2.83 bits per heavy atom. The smallest absolute Gasteiger partial charge is 0.248 e. The Bertz CT molecular complexity index is 683. The van der Waals surface area contributed by atoms with Gasteiger partial charge in [-0.1, -0.05) is 37.6 Å². The summed E-state index contributed by atoms with van der Waals surface area (Å²) in [6.45, 7) is 2.75. The van der Waals surface area contributed by atoms with Crippen LogP contribution >= 0.6 is 0 Å². The Kier molecular flexibility index (Phi) is 6.36. The van der Waals surface area contributed by atoms with Crippen LogP contribution in [0.15, 0.2) is 54.6 Å². The molecular formula is C19H20FNO2. The third-order valence-corrected chi connectivity index (χ3v) is 3.18. The largest absolute Gasteiger partial charge is 0.493 e. The molecule has 0 unspecified atom stereocenters. The van der Waals surface area contributed by atoms with Crippen molar-refractivity contribution in [3.8, 4) is 5.75 Å². The van der Waals surface area contributed by atoms with Gasteiger partial charge in [0.05, 0.1) is 6.61 Å². The summed E-state index contributed by atoms with van der Waals surface area (Å²) in [5, 5.41) is 2.62. The Morgan fingerprint density at radius 1 is 1.22 bits per heavy atom. The van der Waals surface area contributed by atoms with Crippen molar-refractivity contribution in [3.05, 3.63) is 66.0 Å². The summed E-state index contributed by atoms with van der Waals surface area (Å²) in [5.74, 6) is 0.0381. The Hall–Kier alpha value is -2.62. The number of ether oxygens (including phenoxy) is 1. The van der Waals surface area contributed by atoms with Crippen LogP contribution in [-0.4, -0.2) is 12.5 Å². The fourth-order valence-electron chi connectivity index (χ4n) is 1.99. The minimum Gasteiger partial charge on any atom is -0.493 e. The van der Waals surface area contributed by atoms with Crippen molar-refractivity contribution in [1.29, 1.82) is 0 Å². The molecule has 0 saturated carbocycles. The molecule has 0 aliphatic heterocycles. The molecule has 3 nitrogen and oxygen atoms in total. The SMILES string of the molecule is CCCCOc1ccccc1/C=C/C(=O)Nc1cccc(F)c1. The molecule has 2 aromatic carbocycles. The second kappa shape index (κ2) is 8.73. The van der Waals surface area contributed by atoms with Gasteiger partial charge in [-0.15, -0.1) is 0 Å². The number of benzene rings is 2. The third-order valence-electron chi connectivity index (χ3n) is 3.18. The molecule has 4 heteroatoms. The number of unbranched alkanes of at least 4 members (excludes halogenated alkanes) is 1. The van der Waals surface area contributed by atoms with E-state index in [0.29, 0.717) is 12.3 Å². The molecule has 0 fully saturated rings. The molecule has 0 aromatic heterocycles. The monoisotopic (exact) mass is 313 g/mol. The summed E-state index contributed by atoms with van der Waals surface area (Å²) in [4.78, 5) is 11.9. The highest BCUT2D eigenvalue weighted by Gasteiger charge is 2.02. The number of halogens is 1. The Balaban J connectivity index is 2.00. The number of rotatable bonds is 7. The molecule has 0 saturated heterocycles. The topological polar surface area (TPSA) is 38.3 Å². The van der Waals surface area contributed by atoms with Crippen molar-refractivity contribution in [3.63, 3.8) is 0 Å². The number of amides is 1. The highest BCUT2D eigenvalue weighted by Crippen LogP contribution is 2.20. The zero-order valence-electron chi connectivity index (χ0n) is 13.1. The van der Waals surface area contributed by atoms with Crippen LogP contribution in [0.4, 0.5) is 10.1 Å². The lowest BCUT2D eigenvalue weighted by Gasteiger charge is -2.08. The molecule has 2 rings (SSSR count). The summed E-state index contributed by atoms with van der Waals surface area (Å²) < 4.78 is 18.8. The molecule has 0 aliphatic carbocycles. The summed E-state index contributed by atoms with van der Waals surface area (Å²) >= 11 is 0. The molecule has 120 valence electrons. The lowest BCUT2D eigenvalue weighted by molar-refractivity contribution is -0.111. The van der Waals surface area contributed by atoms with E-state index in [9.17, 15) is 9.18 Å². The van der Waals surface area contributed by atoms with Gasteiger partial charge in [0.2, 0.25) is 5.91 Å². The molecule has 0 heterocycles. The molecule has 1 N–H and O–H groups in total. The predicted molar refractivity (Wildman–Crippen MR) is 90.9 cm³/mol. The van der Waals surface area contributed by atoms with Gasteiger partial charge in [-0.25, -0.2) is 4.39 Å². The van der Waals surface area contributed by atoms with Gasteiger partial charge in [0, 0.05) is 17.3 Å². The zero-order valence-corrected chi connectivity index (χ0v) is 13.1. The zero-order chi connectivity index (χ0) is 16.5. The van der Waals surface area contributed by atoms with Gasteiger partial charge in [-0.2, -0.15) is 0 Å². The second-order valence-corrected chi connectivity index (χ2v) is 5.07. The van der Waals surface area contributed by atoms with E-state index < -0.39 is 0 Å². The van der Waals surface area contributed by atoms with E-state index in [4.69, 9.17) is 4.74 Å². The van der Waals surface area contributed by atoms with Crippen LogP contribution in [0.5, 0.6) is 5.75 Å². The van der Waals surface area contributed by atoms with Crippen LogP contribution in [-0.2, 0) is 4.79 Å². The molecule has 0 aliphatic rings. The van der Waals surface area contributed by atoms with E-state index in [2.05, 4.69) is 12.2 Å². The maximum Gasteiger partial charge on any atom is 0.248 e. The van der Waals surface area contributed by atoms with Gasteiger partial charge in [0.15, 0.2) is 0 Å². The van der Waals surface area contributed by atoms with Crippen molar-refractivity contribution in [2.75, 3.05) is 11.9 Å². The number of hydrogen-bond donors (Lipinski definition) is 1. The third kappa shape index (κ3) is 5.58. The van der Waals surface area contributed by atoms with Crippen molar-refractivity contribution in [1.82, 2.24) is 0 Å². The molecule has 1 amide bonds. The first kappa shape index (κ1) is 16.7. The van der Waals surface area contributed by atoms with Gasteiger partial charge < -0.3 is 10.1 Å². The molecule has 0 spiro atoms. The summed E-state index contributed by atoms with van der Waals surface area (Å²) in [6, 6.07) is 13.3. The highest BCUT2D eigenvalue weighted by atomic mass is 19.1. The van der Waals surface area contributed by atoms with Gasteiger partial charge in [-0.3, -0.25) is 4.79 Å². The first-order valence-corrected chi connectivity index (χ1v) is 7.65. The summed E-state index contributed by atoms with van der Waals surface area (Å²) in [6.07, 6.45) is 5.15. The van der Waals surface area contributed by atoms with E-state index in [1.54, 1.807) is 18.2 Å². The van der Waals surface area contributed by atoms with Crippen LogP contribution in [0.1, 0.15) is 25.3 Å². The average Bonchev–Trinajstić information content (AvgIpc) is 2.54. The van der Waals surface area contributed by atoms with E-state index in [1.807, 2.05) is 24.3 Å². The second-order valence-electron chi connectivity index (χ2n) is 5.07. The van der Waals surface area contributed by atoms with E-state index >= 15 is 0 Å². The van der Waals surface area contributed by atoms with Crippen molar-refractivity contribution in [2.45, 2.75) is 19.8 Å². The first-order valence-electron chi connectivity index (χ1n) is 7.65. The number of hydrogen-bond acceptors (Lipinski definition) is 2. The molecule has 2 aromatic rings.